The summed E-state index contributed by atoms with van der Waals surface area (Å²) in [5.41, 5.74) is 9.60. The number of benzene rings is 2. The Morgan fingerprint density at radius 3 is 2.45 bits per heavy atom. The van der Waals surface area contributed by atoms with Gasteiger partial charge in [0.2, 0.25) is 0 Å². The van der Waals surface area contributed by atoms with Crippen molar-refractivity contribution in [3.63, 3.8) is 0 Å². The van der Waals surface area contributed by atoms with Crippen molar-refractivity contribution in [2.24, 2.45) is 0 Å². The van der Waals surface area contributed by atoms with Crippen molar-refractivity contribution >= 4 is 11.4 Å². The van der Waals surface area contributed by atoms with Gasteiger partial charge in [-0.2, -0.15) is 0 Å². The molecule has 5 nitrogen and oxygen atoms in total. The van der Waals surface area contributed by atoms with Crippen molar-refractivity contribution in [1.82, 2.24) is 0 Å². The second-order valence-electron chi connectivity index (χ2n) is 4.79. The molecule has 0 saturated carbocycles. The van der Waals surface area contributed by atoms with Gasteiger partial charge in [-0.1, -0.05) is 0 Å². The van der Waals surface area contributed by atoms with Gasteiger partial charge >= 0.3 is 0 Å². The molecule has 3 N–H and O–H groups in total. The predicted molar refractivity (Wildman–Crippen MR) is 89.8 cm³/mol. The number of nitrogen functional groups attached to an aromatic ring is 1. The van der Waals surface area contributed by atoms with Crippen molar-refractivity contribution in [3.05, 3.63) is 36.4 Å². The Morgan fingerprint density at radius 2 is 1.77 bits per heavy atom. The highest BCUT2D eigenvalue weighted by molar-refractivity contribution is 5.83. The normalized spacial score (nSPS) is 10.3. The molecule has 118 valence electrons. The Hall–Kier alpha value is -2.40. The van der Waals surface area contributed by atoms with E-state index in [1.807, 2.05) is 36.4 Å². The van der Waals surface area contributed by atoms with Gasteiger partial charge in [-0.05, 0) is 36.4 Å². The quantitative estimate of drug-likeness (QED) is 0.608. The van der Waals surface area contributed by atoms with Gasteiger partial charge in [-0.3, -0.25) is 0 Å². The summed E-state index contributed by atoms with van der Waals surface area (Å²) in [7, 11) is 4.96. The van der Waals surface area contributed by atoms with E-state index in [0.29, 0.717) is 12.3 Å². The predicted octanol–water partition coefficient (Wildman–Crippen LogP) is 3.01. The molecule has 22 heavy (non-hydrogen) atoms. The molecule has 2 aromatic carbocycles. The molecule has 0 aromatic heterocycles. The standard InChI is InChI=1S/C17H22N2O3/c1-20-9-8-19-12-4-6-16(18)14(10-12)15-11-13(21-2)5-7-17(15)22-3/h4-7,10-11,19H,8-9,18H2,1-3H3. The molecular weight excluding hydrogens is 280 g/mol. The Labute approximate surface area is 131 Å². The fourth-order valence-corrected chi connectivity index (χ4v) is 2.22. The number of hydrogen-bond donors (Lipinski definition) is 2. The second kappa shape index (κ2) is 7.56. The third kappa shape index (κ3) is 3.62. The van der Waals surface area contributed by atoms with Crippen molar-refractivity contribution in [3.8, 4) is 22.6 Å². The van der Waals surface area contributed by atoms with Crippen molar-refractivity contribution in [1.29, 1.82) is 0 Å². The van der Waals surface area contributed by atoms with Crippen molar-refractivity contribution in [2.75, 3.05) is 45.5 Å². The maximum atomic E-state index is 6.14. The lowest BCUT2D eigenvalue weighted by Crippen LogP contribution is -2.07. The summed E-state index contributed by atoms with van der Waals surface area (Å²) in [6.45, 7) is 1.37. The number of anilines is 2. The molecule has 0 bridgehead atoms. The minimum absolute atomic E-state index is 0.641. The van der Waals surface area contributed by atoms with Crippen LogP contribution in [0.1, 0.15) is 0 Å². The highest BCUT2D eigenvalue weighted by Crippen LogP contribution is 2.37. The van der Waals surface area contributed by atoms with Crippen LogP contribution in [0.25, 0.3) is 11.1 Å². The number of ether oxygens (including phenoxy) is 3. The Balaban J connectivity index is 2.40. The van der Waals surface area contributed by atoms with Gasteiger partial charge in [0.15, 0.2) is 0 Å². The van der Waals surface area contributed by atoms with Crippen LogP contribution < -0.4 is 20.5 Å². The molecule has 0 atom stereocenters. The molecular formula is C17H22N2O3. The van der Waals surface area contributed by atoms with Gasteiger partial charge in [0.05, 0.1) is 20.8 Å². The van der Waals surface area contributed by atoms with Crippen LogP contribution in [0.4, 0.5) is 11.4 Å². The molecule has 0 radical (unpaired) electrons. The van der Waals surface area contributed by atoms with Crippen LogP contribution in [-0.2, 0) is 4.74 Å². The van der Waals surface area contributed by atoms with Crippen LogP contribution in [-0.4, -0.2) is 34.5 Å². The molecule has 0 unspecified atom stereocenters. The first kappa shape index (κ1) is 16.0. The lowest BCUT2D eigenvalue weighted by Gasteiger charge is -2.14. The van der Waals surface area contributed by atoms with E-state index in [0.717, 1.165) is 34.9 Å². The first-order chi connectivity index (χ1) is 10.7. The number of nitrogens with two attached hydrogens (primary N) is 1. The summed E-state index contributed by atoms with van der Waals surface area (Å²) in [6.07, 6.45) is 0. The monoisotopic (exact) mass is 302 g/mol. The second-order valence-corrected chi connectivity index (χ2v) is 4.79. The maximum absolute atomic E-state index is 6.14. The molecule has 0 aliphatic carbocycles. The minimum atomic E-state index is 0.641. The summed E-state index contributed by atoms with van der Waals surface area (Å²) >= 11 is 0. The zero-order valence-electron chi connectivity index (χ0n) is 13.2. The molecule has 5 heteroatoms. The van der Waals surface area contributed by atoms with E-state index < -0.39 is 0 Å². The Bertz CT molecular complexity index is 629. The van der Waals surface area contributed by atoms with Gasteiger partial charge in [0.1, 0.15) is 11.5 Å². The van der Waals surface area contributed by atoms with Gasteiger partial charge in [0, 0.05) is 36.2 Å². The van der Waals surface area contributed by atoms with Gasteiger partial charge < -0.3 is 25.3 Å². The van der Waals surface area contributed by atoms with E-state index >= 15 is 0 Å². The van der Waals surface area contributed by atoms with E-state index in [9.17, 15) is 0 Å². The Morgan fingerprint density at radius 1 is 0.955 bits per heavy atom. The van der Waals surface area contributed by atoms with E-state index in [1.165, 1.54) is 0 Å². The van der Waals surface area contributed by atoms with Crippen LogP contribution in [0.15, 0.2) is 36.4 Å². The van der Waals surface area contributed by atoms with Crippen LogP contribution in [0, 0.1) is 0 Å². The number of hydrogen-bond acceptors (Lipinski definition) is 5. The summed E-state index contributed by atoms with van der Waals surface area (Å²) < 4.78 is 15.8. The molecule has 0 heterocycles. The highest BCUT2D eigenvalue weighted by Gasteiger charge is 2.11. The third-order valence-electron chi connectivity index (χ3n) is 3.39. The first-order valence-corrected chi connectivity index (χ1v) is 7.04. The van der Waals surface area contributed by atoms with Crippen LogP contribution in [0.3, 0.4) is 0 Å². The number of methoxy groups -OCH3 is 3. The average molecular weight is 302 g/mol. The SMILES string of the molecule is COCCNc1ccc(N)c(-c2cc(OC)ccc2OC)c1. The first-order valence-electron chi connectivity index (χ1n) is 7.04. The fourth-order valence-electron chi connectivity index (χ4n) is 2.22. The van der Waals surface area contributed by atoms with Gasteiger partial charge in [-0.25, -0.2) is 0 Å². The lowest BCUT2D eigenvalue weighted by atomic mass is 10.0. The molecule has 0 aliphatic heterocycles. The highest BCUT2D eigenvalue weighted by atomic mass is 16.5. The van der Waals surface area contributed by atoms with Crippen LogP contribution >= 0.6 is 0 Å². The average Bonchev–Trinajstić information content (AvgIpc) is 2.56. The zero-order chi connectivity index (χ0) is 15.9. The summed E-state index contributed by atoms with van der Waals surface area (Å²) in [5.74, 6) is 1.51. The molecule has 0 spiro atoms. The minimum Gasteiger partial charge on any atom is -0.497 e. The number of rotatable bonds is 7. The van der Waals surface area contributed by atoms with Crippen LogP contribution in [0.2, 0.25) is 0 Å². The van der Waals surface area contributed by atoms with E-state index in [4.69, 9.17) is 19.9 Å². The van der Waals surface area contributed by atoms with Gasteiger partial charge in [-0.15, -0.1) is 0 Å². The molecule has 0 fully saturated rings. The van der Waals surface area contributed by atoms with Crippen LogP contribution in [0.5, 0.6) is 11.5 Å². The Kier molecular flexibility index (Phi) is 5.49. The zero-order valence-corrected chi connectivity index (χ0v) is 13.2. The molecule has 2 aromatic rings. The van der Waals surface area contributed by atoms with E-state index in [-0.39, 0.29) is 0 Å². The summed E-state index contributed by atoms with van der Waals surface area (Å²) in [6, 6.07) is 11.5. The van der Waals surface area contributed by atoms with Crippen molar-refractivity contribution < 1.29 is 14.2 Å². The van der Waals surface area contributed by atoms with E-state index in [1.54, 1.807) is 21.3 Å². The number of nitrogens with one attached hydrogen (secondary N) is 1. The lowest BCUT2D eigenvalue weighted by molar-refractivity contribution is 0.211. The fraction of sp³-hybridized carbons (Fsp3) is 0.294. The summed E-state index contributed by atoms with van der Waals surface area (Å²) in [4.78, 5) is 0. The largest absolute Gasteiger partial charge is 0.497 e. The topological polar surface area (TPSA) is 65.7 Å². The maximum Gasteiger partial charge on any atom is 0.127 e. The van der Waals surface area contributed by atoms with Gasteiger partial charge in [0.25, 0.3) is 0 Å². The smallest absolute Gasteiger partial charge is 0.127 e. The van der Waals surface area contributed by atoms with E-state index in [2.05, 4.69) is 5.32 Å². The third-order valence-corrected chi connectivity index (χ3v) is 3.39. The molecule has 0 saturated heterocycles. The van der Waals surface area contributed by atoms with Crippen molar-refractivity contribution in [2.45, 2.75) is 0 Å². The molecule has 2 rings (SSSR count). The molecule has 0 aliphatic rings. The molecule has 0 amide bonds. The summed E-state index contributed by atoms with van der Waals surface area (Å²) in [5, 5.41) is 3.30.